The van der Waals surface area contributed by atoms with Crippen molar-refractivity contribution in [3.05, 3.63) is 123 Å². The fraction of sp³-hybridized carbons (Fsp3) is 0.295. The van der Waals surface area contributed by atoms with Gasteiger partial charge in [-0.15, -0.1) is 5.10 Å². The molecule has 0 amide bonds. The Balaban J connectivity index is 1.10. The highest BCUT2D eigenvalue weighted by Crippen LogP contribution is 2.44. The van der Waals surface area contributed by atoms with Gasteiger partial charge in [-0.1, -0.05) is 59.6 Å². The van der Waals surface area contributed by atoms with Gasteiger partial charge in [-0.05, 0) is 78.6 Å². The van der Waals surface area contributed by atoms with Gasteiger partial charge in [0.05, 0.1) is 35.6 Å². The first kappa shape index (κ1) is 43.0. The summed E-state index contributed by atoms with van der Waals surface area (Å²) in [6.07, 6.45) is 4.22. The summed E-state index contributed by atoms with van der Waals surface area (Å²) in [5, 5.41) is 55.8. The van der Waals surface area contributed by atoms with E-state index in [-0.39, 0.29) is 49.2 Å². The monoisotopic (exact) mass is 865 g/mol. The number of aryl methyl sites for hydroxylation is 1. The highest BCUT2D eigenvalue weighted by Gasteiger charge is 2.29. The number of ether oxygens (including phenoxy) is 2. The molecule has 7 rings (SSSR count). The lowest BCUT2D eigenvalue weighted by atomic mass is 9.95. The SMILES string of the molecule is N#Cc1cncc(COc2nc(O[C@H]3CCc4c(-c5cccc(-c6nc7ccc(CNC[C@@H](O)CC(=O)O)cn7n6)c5Cl)cccc43)c(Cl)cc2CCC[C@@H](O)CC(=O)O)c1. The maximum atomic E-state index is 11.1. The number of rotatable bonds is 19. The molecule has 61 heavy (non-hydrogen) atoms. The second kappa shape index (κ2) is 19.5. The van der Waals surface area contributed by atoms with Gasteiger partial charge in [-0.3, -0.25) is 14.6 Å². The van der Waals surface area contributed by atoms with E-state index in [9.17, 15) is 25.1 Å². The van der Waals surface area contributed by atoms with Gasteiger partial charge in [0.25, 0.3) is 0 Å². The zero-order chi connectivity index (χ0) is 43.0. The van der Waals surface area contributed by atoms with Crippen molar-refractivity contribution >= 4 is 40.8 Å². The number of hydrogen-bond donors (Lipinski definition) is 5. The van der Waals surface area contributed by atoms with Crippen LogP contribution in [0.15, 0.2) is 79.3 Å². The Morgan fingerprint density at radius 1 is 0.934 bits per heavy atom. The molecule has 17 heteroatoms. The maximum absolute atomic E-state index is 11.1. The Labute approximate surface area is 360 Å². The Kier molecular flexibility index (Phi) is 13.7. The number of pyridine rings is 3. The first-order valence-corrected chi connectivity index (χ1v) is 20.3. The van der Waals surface area contributed by atoms with E-state index < -0.39 is 30.3 Å². The summed E-state index contributed by atoms with van der Waals surface area (Å²) in [7, 11) is 0. The number of nitriles is 1. The van der Waals surface area contributed by atoms with Crippen LogP contribution in [-0.4, -0.2) is 75.7 Å². The molecule has 1 aliphatic rings. The summed E-state index contributed by atoms with van der Waals surface area (Å²) >= 11 is 14.0. The Morgan fingerprint density at radius 2 is 1.70 bits per heavy atom. The number of carbonyl (C=O) groups is 2. The normalized spacial score (nSPS) is 14.3. The van der Waals surface area contributed by atoms with E-state index in [0.29, 0.717) is 71.0 Å². The Bertz CT molecular complexity index is 2620. The van der Waals surface area contributed by atoms with Crippen molar-refractivity contribution in [2.24, 2.45) is 0 Å². The van der Waals surface area contributed by atoms with Crippen molar-refractivity contribution < 1.29 is 39.5 Å². The van der Waals surface area contributed by atoms with Crippen LogP contribution in [0.4, 0.5) is 0 Å². The van der Waals surface area contributed by atoms with E-state index >= 15 is 0 Å². The fourth-order valence-corrected chi connectivity index (χ4v) is 7.86. The summed E-state index contributed by atoms with van der Waals surface area (Å²) in [5.74, 6) is -1.27. The van der Waals surface area contributed by atoms with Crippen LogP contribution < -0.4 is 14.8 Å². The van der Waals surface area contributed by atoms with Crippen LogP contribution in [0.5, 0.6) is 11.8 Å². The Hall–Kier alpha value is -6.15. The van der Waals surface area contributed by atoms with Crippen LogP contribution in [0.3, 0.4) is 0 Å². The van der Waals surface area contributed by atoms with Gasteiger partial charge in [-0.25, -0.2) is 9.50 Å². The number of carboxylic acids is 2. The number of aliphatic hydroxyl groups excluding tert-OH is 2. The summed E-state index contributed by atoms with van der Waals surface area (Å²) in [5.41, 5.74) is 7.58. The molecule has 4 aromatic heterocycles. The quantitative estimate of drug-likeness (QED) is 0.0567. The maximum Gasteiger partial charge on any atom is 0.306 e. The molecule has 6 aromatic rings. The highest BCUT2D eigenvalue weighted by molar-refractivity contribution is 6.36. The smallest absolute Gasteiger partial charge is 0.306 e. The summed E-state index contributed by atoms with van der Waals surface area (Å²) in [6.45, 7) is 0.587. The minimum atomic E-state index is -1.08. The van der Waals surface area contributed by atoms with Gasteiger partial charge in [0.2, 0.25) is 11.8 Å². The largest absolute Gasteiger partial charge is 0.481 e. The number of aliphatic hydroxyl groups is 2. The first-order valence-electron chi connectivity index (χ1n) is 19.6. The summed E-state index contributed by atoms with van der Waals surface area (Å²) < 4.78 is 14.3. The van der Waals surface area contributed by atoms with Gasteiger partial charge >= 0.3 is 11.9 Å². The summed E-state index contributed by atoms with van der Waals surface area (Å²) in [6, 6.07) is 20.9. The van der Waals surface area contributed by atoms with Crippen LogP contribution in [-0.2, 0) is 35.6 Å². The van der Waals surface area contributed by atoms with Gasteiger partial charge in [0.15, 0.2) is 11.5 Å². The van der Waals surface area contributed by atoms with Crippen LogP contribution in [0, 0.1) is 11.3 Å². The third kappa shape index (κ3) is 10.6. The minimum absolute atomic E-state index is 0.0625. The van der Waals surface area contributed by atoms with Crippen LogP contribution >= 0.6 is 23.2 Å². The van der Waals surface area contributed by atoms with Crippen LogP contribution in [0.1, 0.15) is 71.6 Å². The molecule has 314 valence electrons. The molecule has 0 saturated heterocycles. The standard InChI is InChI=1S/C44H41Cl2N7O8/c45-36-15-28(4-1-5-29(54)16-39(56)57)43(60-24-27-14-26(18-47)20-48-21-27)51-44(36)61-37-12-11-32-31(6-2-7-33(32)37)34-8-3-9-35(41(34)46)42-50-38-13-10-25(23-53(38)52-42)19-49-22-30(55)17-40(58)59/h2-3,6-10,13-15,20-21,23,29-30,37,49,54-55H,1,4-5,11-12,16-17,19,22,24H2,(H,56,57)(H,58,59)/t29-,30+,37+/m1/s1. The molecule has 15 nitrogen and oxygen atoms in total. The number of nitrogens with one attached hydrogen (secondary N) is 1. The fourth-order valence-electron chi connectivity index (χ4n) is 7.33. The van der Waals surface area contributed by atoms with E-state index in [2.05, 4.69) is 16.4 Å². The van der Waals surface area contributed by atoms with E-state index in [0.717, 1.165) is 27.8 Å². The molecule has 0 bridgehead atoms. The van der Waals surface area contributed by atoms with Crippen molar-refractivity contribution in [2.45, 2.75) is 76.4 Å². The van der Waals surface area contributed by atoms with Gasteiger partial charge in [-0.2, -0.15) is 10.2 Å². The minimum Gasteiger partial charge on any atom is -0.481 e. The molecule has 0 radical (unpaired) electrons. The molecule has 0 aliphatic heterocycles. The van der Waals surface area contributed by atoms with Crippen molar-refractivity contribution in [3.63, 3.8) is 0 Å². The third-order valence-corrected chi connectivity index (χ3v) is 10.9. The second-order valence-corrected chi connectivity index (χ2v) is 15.5. The number of aromatic nitrogens is 5. The number of hydrogen-bond acceptors (Lipinski definition) is 12. The molecule has 3 atom stereocenters. The topological polar surface area (TPSA) is 225 Å². The predicted molar refractivity (Wildman–Crippen MR) is 224 cm³/mol. The number of fused-ring (bicyclic) bond motifs is 2. The highest BCUT2D eigenvalue weighted by atomic mass is 35.5. The summed E-state index contributed by atoms with van der Waals surface area (Å²) in [4.78, 5) is 35.5. The average molecular weight is 867 g/mol. The van der Waals surface area contributed by atoms with Gasteiger partial charge in [0.1, 0.15) is 23.8 Å². The molecule has 4 heterocycles. The molecular formula is C44H41Cl2N7O8. The van der Waals surface area contributed by atoms with Crippen LogP contribution in [0.2, 0.25) is 10.0 Å². The van der Waals surface area contributed by atoms with E-state index in [1.807, 2.05) is 54.7 Å². The molecule has 5 N–H and O–H groups in total. The van der Waals surface area contributed by atoms with Crippen molar-refractivity contribution in [1.82, 2.24) is 29.9 Å². The zero-order valence-corrected chi connectivity index (χ0v) is 34.2. The second-order valence-electron chi connectivity index (χ2n) is 14.7. The molecule has 2 aromatic carbocycles. The zero-order valence-electron chi connectivity index (χ0n) is 32.7. The predicted octanol–water partition coefficient (Wildman–Crippen LogP) is 6.76. The average Bonchev–Trinajstić information content (AvgIpc) is 3.85. The van der Waals surface area contributed by atoms with E-state index in [4.69, 9.17) is 58.0 Å². The number of halogens is 2. The molecular weight excluding hydrogens is 825 g/mol. The van der Waals surface area contributed by atoms with Gasteiger partial charge in [0, 0.05) is 53.9 Å². The first-order chi connectivity index (χ1) is 29.4. The lowest BCUT2D eigenvalue weighted by Gasteiger charge is -2.19. The van der Waals surface area contributed by atoms with E-state index in [1.165, 1.54) is 6.20 Å². The molecule has 0 fully saturated rings. The van der Waals surface area contributed by atoms with E-state index in [1.54, 1.807) is 22.8 Å². The number of benzene rings is 2. The Morgan fingerprint density at radius 3 is 2.51 bits per heavy atom. The lowest BCUT2D eigenvalue weighted by Crippen LogP contribution is -2.28. The van der Waals surface area contributed by atoms with Crippen LogP contribution in [0.25, 0.3) is 28.2 Å². The molecule has 0 spiro atoms. The molecule has 0 saturated carbocycles. The van der Waals surface area contributed by atoms with Crippen molar-refractivity contribution in [3.8, 4) is 40.3 Å². The molecule has 0 unspecified atom stereocenters. The molecule has 1 aliphatic carbocycles. The van der Waals surface area contributed by atoms with Crippen molar-refractivity contribution in [2.75, 3.05) is 6.54 Å². The lowest BCUT2D eigenvalue weighted by molar-refractivity contribution is -0.140. The van der Waals surface area contributed by atoms with Crippen molar-refractivity contribution in [1.29, 1.82) is 5.26 Å². The number of carboxylic acid groups (broad SMARTS) is 2. The number of aliphatic carboxylic acids is 2. The third-order valence-electron chi connectivity index (χ3n) is 10.2. The number of nitrogens with zero attached hydrogens (tertiary/aromatic N) is 6. The van der Waals surface area contributed by atoms with Gasteiger partial charge < -0.3 is 35.2 Å².